The summed E-state index contributed by atoms with van der Waals surface area (Å²) < 4.78 is 0. The lowest BCUT2D eigenvalue weighted by molar-refractivity contribution is -0.125. The van der Waals surface area contributed by atoms with E-state index in [0.29, 0.717) is 0 Å². The van der Waals surface area contributed by atoms with Crippen molar-refractivity contribution in [2.24, 2.45) is 0 Å². The summed E-state index contributed by atoms with van der Waals surface area (Å²) in [6, 6.07) is 5.86. The van der Waals surface area contributed by atoms with E-state index in [2.05, 4.69) is 0 Å². The van der Waals surface area contributed by atoms with Crippen LogP contribution in [-0.2, 0) is 4.79 Å². The smallest absolute Gasteiger partial charge is 0.255 e. The summed E-state index contributed by atoms with van der Waals surface area (Å²) in [6.45, 7) is 5.43. The highest BCUT2D eigenvalue weighted by molar-refractivity contribution is 5.96. The molecule has 0 saturated carbocycles. The van der Waals surface area contributed by atoms with Crippen molar-refractivity contribution < 1.29 is 9.90 Å². The minimum Gasteiger partial charge on any atom is -0.384 e. The highest BCUT2D eigenvalue weighted by atomic mass is 16.3. The highest BCUT2D eigenvalue weighted by Crippen LogP contribution is 2.20. The van der Waals surface area contributed by atoms with Gasteiger partial charge in [-0.2, -0.15) is 0 Å². The zero-order valence-electron chi connectivity index (χ0n) is 9.61. The number of carbonyl (C=O) groups excluding carboxylic acids is 1. The fourth-order valence-electron chi connectivity index (χ4n) is 1.58. The lowest BCUT2D eigenvalue weighted by Crippen LogP contribution is -2.35. The van der Waals surface area contributed by atoms with Gasteiger partial charge in [-0.25, -0.2) is 0 Å². The van der Waals surface area contributed by atoms with Crippen molar-refractivity contribution in [3.05, 3.63) is 29.3 Å². The summed E-state index contributed by atoms with van der Waals surface area (Å²) in [7, 11) is 1.67. The summed E-state index contributed by atoms with van der Waals surface area (Å²) >= 11 is 0. The van der Waals surface area contributed by atoms with Gasteiger partial charge in [0.15, 0.2) is 0 Å². The van der Waals surface area contributed by atoms with Crippen molar-refractivity contribution in [2.75, 3.05) is 11.9 Å². The van der Waals surface area contributed by atoms with Gasteiger partial charge in [0, 0.05) is 12.7 Å². The second-order valence-electron chi connectivity index (χ2n) is 3.86. The summed E-state index contributed by atoms with van der Waals surface area (Å²) in [5.41, 5.74) is 3.03. The first-order chi connectivity index (χ1) is 6.93. The molecule has 1 amide bonds. The summed E-state index contributed by atoms with van der Waals surface area (Å²) in [5, 5.41) is 9.21. The Morgan fingerprint density at radius 1 is 1.40 bits per heavy atom. The number of benzene rings is 1. The normalized spacial score (nSPS) is 12.3. The van der Waals surface area contributed by atoms with Crippen molar-refractivity contribution in [1.29, 1.82) is 0 Å². The molecule has 0 aliphatic heterocycles. The van der Waals surface area contributed by atoms with Gasteiger partial charge >= 0.3 is 0 Å². The zero-order valence-corrected chi connectivity index (χ0v) is 9.61. The first-order valence-electron chi connectivity index (χ1n) is 4.96. The topological polar surface area (TPSA) is 40.5 Å². The fraction of sp³-hybridized carbons (Fsp3) is 0.417. The molecule has 0 radical (unpaired) electrons. The van der Waals surface area contributed by atoms with Crippen LogP contribution in [0.15, 0.2) is 18.2 Å². The van der Waals surface area contributed by atoms with E-state index in [4.69, 9.17) is 0 Å². The van der Waals surface area contributed by atoms with Gasteiger partial charge in [-0.3, -0.25) is 4.79 Å². The number of likely N-dealkylation sites (N-methyl/N-ethyl adjacent to an activating group) is 1. The molecular formula is C12H17NO2. The molecule has 15 heavy (non-hydrogen) atoms. The Morgan fingerprint density at radius 2 is 2.00 bits per heavy atom. The molecule has 0 aliphatic carbocycles. The van der Waals surface area contributed by atoms with Gasteiger partial charge in [-0.15, -0.1) is 0 Å². The Hall–Kier alpha value is -1.35. The zero-order chi connectivity index (χ0) is 11.6. The Balaban J connectivity index is 3.01. The maximum atomic E-state index is 11.6. The average molecular weight is 207 g/mol. The fourth-order valence-corrected chi connectivity index (χ4v) is 1.58. The number of rotatable bonds is 2. The van der Waals surface area contributed by atoms with E-state index in [9.17, 15) is 9.90 Å². The predicted octanol–water partition coefficient (Wildman–Crippen LogP) is 1.65. The third kappa shape index (κ3) is 2.57. The van der Waals surface area contributed by atoms with Crippen LogP contribution in [0.1, 0.15) is 18.1 Å². The van der Waals surface area contributed by atoms with Gasteiger partial charge in [0.25, 0.3) is 5.91 Å². The molecule has 82 valence electrons. The van der Waals surface area contributed by atoms with Gasteiger partial charge in [-0.05, 0) is 32.4 Å². The minimum atomic E-state index is -0.962. The van der Waals surface area contributed by atoms with Crippen LogP contribution in [0.4, 0.5) is 5.69 Å². The molecule has 1 rings (SSSR count). The lowest BCUT2D eigenvalue weighted by atomic mass is 10.1. The highest BCUT2D eigenvalue weighted by Gasteiger charge is 2.17. The van der Waals surface area contributed by atoms with Crippen LogP contribution in [0.5, 0.6) is 0 Å². The first-order valence-corrected chi connectivity index (χ1v) is 4.96. The molecule has 1 N–H and O–H groups in total. The van der Waals surface area contributed by atoms with E-state index in [1.165, 1.54) is 11.8 Å². The van der Waals surface area contributed by atoms with Crippen LogP contribution < -0.4 is 4.90 Å². The summed E-state index contributed by atoms with van der Waals surface area (Å²) in [6.07, 6.45) is -0.962. The number of hydrogen-bond donors (Lipinski definition) is 1. The van der Waals surface area contributed by atoms with Gasteiger partial charge in [-0.1, -0.05) is 17.7 Å². The molecule has 0 heterocycles. The van der Waals surface area contributed by atoms with Crippen LogP contribution in [-0.4, -0.2) is 24.2 Å². The Bertz CT molecular complexity index is 372. The third-order valence-electron chi connectivity index (χ3n) is 2.40. The number of nitrogens with zero attached hydrogens (tertiary/aromatic N) is 1. The molecule has 0 aliphatic rings. The van der Waals surface area contributed by atoms with Crippen molar-refractivity contribution >= 4 is 11.6 Å². The largest absolute Gasteiger partial charge is 0.384 e. The quantitative estimate of drug-likeness (QED) is 0.801. The Morgan fingerprint density at radius 3 is 2.47 bits per heavy atom. The third-order valence-corrected chi connectivity index (χ3v) is 2.40. The van der Waals surface area contributed by atoms with Crippen LogP contribution in [0.2, 0.25) is 0 Å². The monoisotopic (exact) mass is 207 g/mol. The molecule has 0 aromatic heterocycles. The molecule has 1 aromatic rings. The molecular weight excluding hydrogens is 190 g/mol. The minimum absolute atomic E-state index is 0.290. The maximum Gasteiger partial charge on any atom is 0.255 e. The molecule has 3 heteroatoms. The lowest BCUT2D eigenvalue weighted by Gasteiger charge is -2.21. The van der Waals surface area contributed by atoms with Crippen molar-refractivity contribution in [3.8, 4) is 0 Å². The first kappa shape index (κ1) is 11.7. The van der Waals surface area contributed by atoms with Gasteiger partial charge in [0.05, 0.1) is 0 Å². The van der Waals surface area contributed by atoms with Crippen molar-refractivity contribution in [3.63, 3.8) is 0 Å². The summed E-state index contributed by atoms with van der Waals surface area (Å²) in [4.78, 5) is 13.0. The van der Waals surface area contributed by atoms with E-state index in [1.807, 2.05) is 32.0 Å². The number of aliphatic hydroxyl groups excluding tert-OH is 1. The molecule has 1 aromatic carbocycles. The second-order valence-corrected chi connectivity index (χ2v) is 3.86. The number of aryl methyl sites for hydroxylation is 2. The Labute approximate surface area is 90.3 Å². The van der Waals surface area contributed by atoms with E-state index in [0.717, 1.165) is 16.8 Å². The van der Waals surface area contributed by atoms with E-state index in [1.54, 1.807) is 7.05 Å². The van der Waals surface area contributed by atoms with Crippen LogP contribution >= 0.6 is 0 Å². The number of amides is 1. The molecule has 0 spiro atoms. The summed E-state index contributed by atoms with van der Waals surface area (Å²) in [5.74, 6) is -0.290. The van der Waals surface area contributed by atoms with Crippen molar-refractivity contribution in [1.82, 2.24) is 0 Å². The maximum absolute atomic E-state index is 11.6. The van der Waals surface area contributed by atoms with E-state index >= 15 is 0 Å². The van der Waals surface area contributed by atoms with E-state index < -0.39 is 6.10 Å². The van der Waals surface area contributed by atoms with Gasteiger partial charge in [0.1, 0.15) is 6.10 Å². The SMILES string of the molecule is Cc1ccc(N(C)C(=O)C(C)O)c(C)c1. The Kier molecular flexibility index (Phi) is 3.48. The molecule has 3 nitrogen and oxygen atoms in total. The molecule has 1 unspecified atom stereocenters. The number of carbonyl (C=O) groups is 1. The standard InChI is InChI=1S/C12H17NO2/c1-8-5-6-11(9(2)7-8)13(4)12(15)10(3)14/h5-7,10,14H,1-4H3. The number of aliphatic hydroxyl groups is 1. The number of hydrogen-bond acceptors (Lipinski definition) is 2. The predicted molar refractivity (Wildman–Crippen MR) is 61.0 cm³/mol. The van der Waals surface area contributed by atoms with Gasteiger partial charge in [0.2, 0.25) is 0 Å². The number of anilines is 1. The molecule has 0 bridgehead atoms. The van der Waals surface area contributed by atoms with E-state index in [-0.39, 0.29) is 5.91 Å². The van der Waals surface area contributed by atoms with Gasteiger partial charge < -0.3 is 10.0 Å². The van der Waals surface area contributed by atoms with Crippen LogP contribution in [0, 0.1) is 13.8 Å². The second kappa shape index (κ2) is 4.45. The van der Waals surface area contributed by atoms with Crippen LogP contribution in [0.25, 0.3) is 0 Å². The molecule has 0 saturated heterocycles. The van der Waals surface area contributed by atoms with Crippen molar-refractivity contribution in [2.45, 2.75) is 26.9 Å². The molecule has 0 fully saturated rings. The molecule has 1 atom stereocenters. The average Bonchev–Trinajstić information content (AvgIpc) is 2.15. The van der Waals surface area contributed by atoms with Crippen LogP contribution in [0.3, 0.4) is 0 Å².